The number of aromatic amines is 1. The molecule has 0 saturated carbocycles. The summed E-state index contributed by atoms with van der Waals surface area (Å²) in [5, 5.41) is 10.9. The van der Waals surface area contributed by atoms with Gasteiger partial charge in [-0.25, -0.2) is 0 Å². The second-order valence-electron chi connectivity index (χ2n) is 6.79. The van der Waals surface area contributed by atoms with Crippen LogP contribution in [-0.2, 0) is 16.1 Å². The third kappa shape index (κ3) is 3.48. The van der Waals surface area contributed by atoms with Crippen LogP contribution in [0.5, 0.6) is 17.2 Å². The van der Waals surface area contributed by atoms with Gasteiger partial charge in [0.15, 0.2) is 17.3 Å². The van der Waals surface area contributed by atoms with Crippen molar-refractivity contribution < 1.29 is 28.5 Å². The molecule has 1 atom stereocenters. The molecule has 2 aromatic heterocycles. The average Bonchev–Trinajstić information content (AvgIpc) is 3.14. The van der Waals surface area contributed by atoms with E-state index in [0.717, 1.165) is 6.07 Å². The van der Waals surface area contributed by atoms with Crippen molar-refractivity contribution in [3.8, 4) is 17.2 Å². The number of ether oxygens (including phenoxy) is 3. The predicted octanol–water partition coefficient (Wildman–Crippen LogP) is 1.07. The Bertz CT molecular complexity index is 1260. The van der Waals surface area contributed by atoms with Gasteiger partial charge in [0.25, 0.3) is 5.56 Å². The minimum absolute atomic E-state index is 0.0383. The van der Waals surface area contributed by atoms with Gasteiger partial charge in [0.2, 0.25) is 23.9 Å². The fourth-order valence-electron chi connectivity index (χ4n) is 3.42. The van der Waals surface area contributed by atoms with Crippen molar-refractivity contribution in [2.75, 3.05) is 13.9 Å². The molecule has 156 valence electrons. The monoisotopic (exact) mass is 414 g/mol. The maximum absolute atomic E-state index is 12.8. The van der Waals surface area contributed by atoms with E-state index in [2.05, 4.69) is 4.98 Å². The van der Waals surface area contributed by atoms with E-state index in [4.69, 9.17) is 24.4 Å². The summed E-state index contributed by atoms with van der Waals surface area (Å²) in [5.74, 6) is -1.65. The summed E-state index contributed by atoms with van der Waals surface area (Å²) >= 11 is 0. The molecule has 30 heavy (non-hydrogen) atoms. The first-order valence-corrected chi connectivity index (χ1v) is 8.97. The van der Waals surface area contributed by atoms with E-state index in [-0.39, 0.29) is 36.9 Å². The van der Waals surface area contributed by atoms with Gasteiger partial charge in [0, 0.05) is 36.6 Å². The molecule has 0 unspecified atom stereocenters. The Morgan fingerprint density at radius 2 is 1.97 bits per heavy atom. The lowest BCUT2D eigenvalue weighted by molar-refractivity contribution is -0.118. The highest BCUT2D eigenvalue weighted by Gasteiger charge is 2.28. The molecule has 4 rings (SSSR count). The number of methoxy groups -OCH3 is 1. The Morgan fingerprint density at radius 1 is 1.23 bits per heavy atom. The lowest BCUT2D eigenvalue weighted by atomic mass is 9.92. The second kappa shape index (κ2) is 7.56. The normalized spacial score (nSPS) is 13.5. The van der Waals surface area contributed by atoms with Crippen LogP contribution in [0.15, 0.2) is 38.3 Å². The fraction of sp³-hybridized carbons (Fsp3) is 0.250. The van der Waals surface area contributed by atoms with Crippen molar-refractivity contribution in [1.82, 2.24) is 4.98 Å². The van der Waals surface area contributed by atoms with Crippen molar-refractivity contribution in [2.45, 2.75) is 18.9 Å². The Morgan fingerprint density at radius 3 is 2.67 bits per heavy atom. The van der Waals surface area contributed by atoms with Gasteiger partial charge in [-0.1, -0.05) is 0 Å². The van der Waals surface area contributed by atoms with Gasteiger partial charge in [-0.2, -0.15) is 0 Å². The third-order valence-electron chi connectivity index (χ3n) is 4.75. The minimum Gasteiger partial charge on any atom is -0.502 e. The number of hydrogen-bond donors (Lipinski definition) is 3. The van der Waals surface area contributed by atoms with Crippen LogP contribution in [0.25, 0.3) is 10.9 Å². The number of hydrogen-bond acceptors (Lipinski definition) is 8. The summed E-state index contributed by atoms with van der Waals surface area (Å²) in [5.41, 5.74) is 4.70. The van der Waals surface area contributed by atoms with Crippen molar-refractivity contribution in [3.05, 3.63) is 61.9 Å². The second-order valence-corrected chi connectivity index (χ2v) is 6.79. The van der Waals surface area contributed by atoms with Crippen LogP contribution in [-0.4, -0.2) is 29.9 Å². The lowest BCUT2D eigenvalue weighted by Gasteiger charge is -2.17. The highest BCUT2D eigenvalue weighted by Crippen LogP contribution is 2.37. The summed E-state index contributed by atoms with van der Waals surface area (Å²) in [6.45, 7) is 0.0295. The number of carbonyl (C=O) groups excluding carboxylic acids is 1. The number of pyridine rings is 1. The van der Waals surface area contributed by atoms with Crippen molar-refractivity contribution >= 4 is 16.8 Å². The van der Waals surface area contributed by atoms with Crippen molar-refractivity contribution in [3.63, 3.8) is 0 Å². The summed E-state index contributed by atoms with van der Waals surface area (Å²) in [6.07, 6.45) is -0.369. The zero-order valence-electron chi connectivity index (χ0n) is 15.9. The average molecular weight is 414 g/mol. The number of amides is 1. The molecule has 0 spiro atoms. The number of nitrogens with two attached hydrogens (primary N) is 1. The highest BCUT2D eigenvalue weighted by molar-refractivity contribution is 5.84. The van der Waals surface area contributed by atoms with Crippen molar-refractivity contribution in [1.29, 1.82) is 0 Å². The molecule has 1 aromatic carbocycles. The third-order valence-corrected chi connectivity index (χ3v) is 4.75. The molecule has 1 aliphatic heterocycles. The Labute approximate surface area is 168 Å². The predicted molar refractivity (Wildman–Crippen MR) is 104 cm³/mol. The molecule has 1 aliphatic rings. The molecular weight excluding hydrogens is 396 g/mol. The van der Waals surface area contributed by atoms with Gasteiger partial charge >= 0.3 is 0 Å². The number of nitrogens with one attached hydrogen (secondary N) is 1. The number of H-pyrrole nitrogens is 1. The van der Waals surface area contributed by atoms with Gasteiger partial charge in [0.1, 0.15) is 12.4 Å². The Balaban J connectivity index is 1.91. The minimum atomic E-state index is -1.09. The van der Waals surface area contributed by atoms with Gasteiger partial charge in [-0.05, 0) is 12.1 Å². The molecule has 0 saturated heterocycles. The topological polar surface area (TPSA) is 154 Å². The van der Waals surface area contributed by atoms with Crippen LogP contribution in [0.3, 0.4) is 0 Å². The molecule has 0 radical (unpaired) electrons. The van der Waals surface area contributed by atoms with E-state index in [1.165, 1.54) is 13.2 Å². The van der Waals surface area contributed by atoms with Gasteiger partial charge in [-0.3, -0.25) is 14.4 Å². The Hall–Kier alpha value is -3.79. The zero-order valence-corrected chi connectivity index (χ0v) is 15.9. The number of aromatic nitrogens is 1. The first-order valence-electron chi connectivity index (χ1n) is 8.97. The maximum Gasteiger partial charge on any atom is 0.252 e. The van der Waals surface area contributed by atoms with E-state index in [1.54, 1.807) is 12.1 Å². The number of aromatic hydroxyl groups is 1. The van der Waals surface area contributed by atoms with Gasteiger partial charge < -0.3 is 34.5 Å². The number of benzene rings is 1. The molecule has 3 aromatic rings. The van der Waals surface area contributed by atoms with E-state index < -0.39 is 28.6 Å². The summed E-state index contributed by atoms with van der Waals surface area (Å²) in [4.78, 5) is 39.5. The quantitative estimate of drug-likeness (QED) is 0.541. The molecule has 0 bridgehead atoms. The first kappa shape index (κ1) is 19.5. The molecule has 3 heterocycles. The molecule has 0 fully saturated rings. The van der Waals surface area contributed by atoms with Gasteiger partial charge in [0.05, 0.1) is 11.4 Å². The van der Waals surface area contributed by atoms with E-state index in [9.17, 15) is 19.5 Å². The summed E-state index contributed by atoms with van der Waals surface area (Å²) < 4.78 is 21.2. The maximum atomic E-state index is 12.8. The molecule has 0 aliphatic carbocycles. The fourth-order valence-corrected chi connectivity index (χ4v) is 3.42. The van der Waals surface area contributed by atoms with Crippen LogP contribution < -0.4 is 26.2 Å². The summed E-state index contributed by atoms with van der Waals surface area (Å²) in [7, 11) is 1.41. The molecule has 1 amide bonds. The van der Waals surface area contributed by atoms with Crippen molar-refractivity contribution in [2.24, 2.45) is 5.73 Å². The van der Waals surface area contributed by atoms with Crippen LogP contribution >= 0.6 is 0 Å². The highest BCUT2D eigenvalue weighted by atomic mass is 16.7. The number of fused-ring (bicyclic) bond motifs is 2. The lowest BCUT2D eigenvalue weighted by Crippen LogP contribution is -2.23. The van der Waals surface area contributed by atoms with Gasteiger partial charge in [-0.15, -0.1) is 0 Å². The SMILES string of the molecule is COCc1cc(=O)c(O)c([C@H](CC(N)=O)c2cc3cc4c(cc3[nH]c2=O)OCO4)o1. The zero-order chi connectivity index (χ0) is 21.4. The van der Waals surface area contributed by atoms with Crippen LogP contribution in [0, 0.1) is 0 Å². The number of primary amides is 1. The molecule has 10 heteroatoms. The Kier molecular flexibility index (Phi) is 4.92. The van der Waals surface area contributed by atoms with E-state index >= 15 is 0 Å². The molecular formula is C20H18N2O8. The number of carbonyl (C=O) groups is 1. The molecule has 4 N–H and O–H groups in total. The molecule has 10 nitrogen and oxygen atoms in total. The number of rotatable bonds is 6. The van der Waals surface area contributed by atoms with E-state index in [0.29, 0.717) is 22.4 Å². The largest absolute Gasteiger partial charge is 0.502 e. The van der Waals surface area contributed by atoms with E-state index in [1.807, 2.05) is 0 Å². The van der Waals surface area contributed by atoms with Crippen LogP contribution in [0.1, 0.15) is 29.4 Å². The summed E-state index contributed by atoms with van der Waals surface area (Å²) in [6, 6.07) is 5.92. The standard InChI is InChI=1S/C20H18N2O8/c1-27-7-10-4-14(23)18(25)19(30-10)11(5-17(21)24)12-2-9-3-15-16(29-8-28-15)6-13(9)22-20(12)26/h2-4,6,11,25H,5,7-8H2,1H3,(H2,21,24)(H,22,26)/t11-/m1/s1. The van der Waals surface area contributed by atoms with Crippen LogP contribution in [0.2, 0.25) is 0 Å². The van der Waals surface area contributed by atoms with Crippen LogP contribution in [0.4, 0.5) is 0 Å². The smallest absolute Gasteiger partial charge is 0.252 e. The first-order chi connectivity index (χ1) is 14.4.